The van der Waals surface area contributed by atoms with E-state index < -0.39 is 0 Å². The van der Waals surface area contributed by atoms with Gasteiger partial charge in [0.2, 0.25) is 0 Å². The van der Waals surface area contributed by atoms with Crippen molar-refractivity contribution in [2.45, 2.75) is 26.8 Å². The first kappa shape index (κ1) is 9.53. The topological polar surface area (TPSA) is 29.0 Å². The lowest BCUT2D eigenvalue weighted by Gasteiger charge is -2.13. The lowest BCUT2D eigenvalue weighted by Crippen LogP contribution is -2.13. The van der Waals surface area contributed by atoms with Crippen LogP contribution in [0.1, 0.15) is 16.7 Å². The zero-order valence-electron chi connectivity index (χ0n) is 9.17. The third-order valence-electron chi connectivity index (χ3n) is 2.91. The second-order valence-corrected chi connectivity index (χ2v) is 4.29. The molecule has 2 N–H and O–H groups in total. The predicted molar refractivity (Wildman–Crippen MR) is 60.8 cm³/mol. The van der Waals surface area contributed by atoms with Gasteiger partial charge in [0.05, 0.1) is 6.04 Å². The first-order chi connectivity index (χ1) is 6.63. The largest absolute Gasteiger partial charge is 0.363 e. The summed E-state index contributed by atoms with van der Waals surface area (Å²) in [6.07, 6.45) is 0. The molecule has 1 aromatic rings. The minimum Gasteiger partial charge on any atom is -0.363 e. The average Bonchev–Trinajstić information content (AvgIpc) is 2.81. The lowest BCUT2D eigenvalue weighted by molar-refractivity contribution is 0.963. The maximum Gasteiger partial charge on any atom is 0.0588 e. The molecule has 1 heterocycles. The van der Waals surface area contributed by atoms with Crippen LogP contribution in [0.2, 0.25) is 0 Å². The molecule has 0 amide bonds. The molecular weight excluding hydrogens is 172 g/mol. The third kappa shape index (κ3) is 1.50. The number of anilines is 1. The summed E-state index contributed by atoms with van der Waals surface area (Å²) in [7, 11) is 0. The maximum absolute atomic E-state index is 5.65. The van der Waals surface area contributed by atoms with Crippen molar-refractivity contribution in [3.63, 3.8) is 0 Å². The van der Waals surface area contributed by atoms with Crippen LogP contribution < -0.4 is 10.6 Å². The SMILES string of the molecule is Cc1cc(C)c(N2CC2CN)c(C)c1. The fourth-order valence-corrected chi connectivity index (χ4v) is 2.28. The Morgan fingerprint density at radius 2 is 1.86 bits per heavy atom. The van der Waals surface area contributed by atoms with Crippen molar-refractivity contribution in [1.82, 2.24) is 0 Å². The molecule has 1 aliphatic rings. The normalized spacial score (nSPS) is 20.0. The number of benzene rings is 1. The smallest absolute Gasteiger partial charge is 0.0588 e. The molecular formula is C12H18N2. The quantitative estimate of drug-likeness (QED) is 0.720. The molecule has 0 bridgehead atoms. The Kier molecular flexibility index (Phi) is 2.23. The van der Waals surface area contributed by atoms with Gasteiger partial charge in [0.15, 0.2) is 0 Å². The molecule has 0 saturated carbocycles. The number of aryl methyl sites for hydroxylation is 3. The number of rotatable bonds is 2. The summed E-state index contributed by atoms with van der Waals surface area (Å²) in [6.45, 7) is 8.41. The van der Waals surface area contributed by atoms with Crippen LogP contribution in [0.3, 0.4) is 0 Å². The molecule has 0 aliphatic carbocycles. The zero-order valence-corrected chi connectivity index (χ0v) is 9.17. The highest BCUT2D eigenvalue weighted by atomic mass is 15.3. The van der Waals surface area contributed by atoms with Gasteiger partial charge in [-0.3, -0.25) is 0 Å². The fraction of sp³-hybridized carbons (Fsp3) is 0.500. The highest BCUT2D eigenvalue weighted by molar-refractivity contribution is 5.64. The summed E-state index contributed by atoms with van der Waals surface area (Å²) in [5.74, 6) is 0. The van der Waals surface area contributed by atoms with E-state index in [2.05, 4.69) is 37.8 Å². The van der Waals surface area contributed by atoms with Crippen molar-refractivity contribution < 1.29 is 0 Å². The Morgan fingerprint density at radius 3 is 2.29 bits per heavy atom. The summed E-state index contributed by atoms with van der Waals surface area (Å²) >= 11 is 0. The van der Waals surface area contributed by atoms with Crippen LogP contribution in [-0.4, -0.2) is 19.1 Å². The summed E-state index contributed by atoms with van der Waals surface area (Å²) in [4.78, 5) is 2.39. The Balaban J connectivity index is 2.34. The van der Waals surface area contributed by atoms with E-state index in [0.29, 0.717) is 6.04 Å². The van der Waals surface area contributed by atoms with Crippen molar-refractivity contribution in [1.29, 1.82) is 0 Å². The van der Waals surface area contributed by atoms with Gasteiger partial charge in [-0.25, -0.2) is 0 Å². The highest BCUT2D eigenvalue weighted by Gasteiger charge is 2.34. The molecule has 0 spiro atoms. The second kappa shape index (κ2) is 3.28. The van der Waals surface area contributed by atoms with Gasteiger partial charge in [-0.05, 0) is 31.9 Å². The van der Waals surface area contributed by atoms with Crippen LogP contribution >= 0.6 is 0 Å². The van der Waals surface area contributed by atoms with Gasteiger partial charge < -0.3 is 10.6 Å². The molecule has 1 fully saturated rings. The van der Waals surface area contributed by atoms with Crippen LogP contribution in [0.4, 0.5) is 5.69 Å². The number of nitrogens with two attached hydrogens (primary N) is 1. The van der Waals surface area contributed by atoms with E-state index in [-0.39, 0.29) is 0 Å². The number of hydrogen-bond donors (Lipinski definition) is 1. The van der Waals surface area contributed by atoms with E-state index in [1.54, 1.807) is 0 Å². The minimum atomic E-state index is 0.579. The van der Waals surface area contributed by atoms with Crippen LogP contribution in [-0.2, 0) is 0 Å². The average molecular weight is 190 g/mol. The Hall–Kier alpha value is -1.02. The van der Waals surface area contributed by atoms with Crippen LogP contribution in [0.25, 0.3) is 0 Å². The van der Waals surface area contributed by atoms with Gasteiger partial charge >= 0.3 is 0 Å². The summed E-state index contributed by atoms with van der Waals surface area (Å²) in [5, 5.41) is 0. The van der Waals surface area contributed by atoms with Crippen LogP contribution in [0.15, 0.2) is 12.1 Å². The minimum absolute atomic E-state index is 0.579. The van der Waals surface area contributed by atoms with Gasteiger partial charge in [0, 0.05) is 18.8 Å². The lowest BCUT2D eigenvalue weighted by atomic mass is 10.1. The highest BCUT2D eigenvalue weighted by Crippen LogP contribution is 2.33. The number of hydrogen-bond acceptors (Lipinski definition) is 2. The van der Waals surface area contributed by atoms with E-state index in [9.17, 15) is 0 Å². The van der Waals surface area contributed by atoms with Gasteiger partial charge in [-0.2, -0.15) is 0 Å². The first-order valence-electron chi connectivity index (χ1n) is 5.18. The summed E-state index contributed by atoms with van der Waals surface area (Å²) in [5.41, 5.74) is 11.1. The van der Waals surface area contributed by atoms with Crippen molar-refractivity contribution in [2.75, 3.05) is 18.0 Å². The monoisotopic (exact) mass is 190 g/mol. The molecule has 76 valence electrons. The molecule has 2 rings (SSSR count). The van der Waals surface area contributed by atoms with E-state index >= 15 is 0 Å². The van der Waals surface area contributed by atoms with Crippen LogP contribution in [0, 0.1) is 20.8 Å². The van der Waals surface area contributed by atoms with E-state index in [1.165, 1.54) is 22.4 Å². The van der Waals surface area contributed by atoms with Gasteiger partial charge in [-0.15, -0.1) is 0 Å². The van der Waals surface area contributed by atoms with Gasteiger partial charge in [0.25, 0.3) is 0 Å². The van der Waals surface area contributed by atoms with Crippen LogP contribution in [0.5, 0.6) is 0 Å². The Bertz CT molecular complexity index is 334. The van der Waals surface area contributed by atoms with E-state index in [1.807, 2.05) is 0 Å². The predicted octanol–water partition coefficient (Wildman–Crippen LogP) is 1.76. The molecule has 14 heavy (non-hydrogen) atoms. The maximum atomic E-state index is 5.65. The van der Waals surface area contributed by atoms with Gasteiger partial charge in [-0.1, -0.05) is 17.7 Å². The van der Waals surface area contributed by atoms with Crippen molar-refractivity contribution >= 4 is 5.69 Å². The second-order valence-electron chi connectivity index (χ2n) is 4.29. The van der Waals surface area contributed by atoms with Crippen molar-refractivity contribution in [3.8, 4) is 0 Å². The molecule has 2 heteroatoms. The van der Waals surface area contributed by atoms with Gasteiger partial charge in [0.1, 0.15) is 0 Å². The molecule has 1 unspecified atom stereocenters. The standard InChI is InChI=1S/C12H18N2/c1-8-4-9(2)12(10(3)5-8)14-7-11(14)6-13/h4-5,11H,6-7,13H2,1-3H3. The molecule has 0 radical (unpaired) electrons. The van der Waals surface area contributed by atoms with E-state index in [4.69, 9.17) is 5.73 Å². The van der Waals surface area contributed by atoms with E-state index in [0.717, 1.165) is 13.1 Å². The summed E-state index contributed by atoms with van der Waals surface area (Å²) < 4.78 is 0. The Labute approximate surface area is 85.7 Å². The Morgan fingerprint density at radius 1 is 1.29 bits per heavy atom. The molecule has 1 atom stereocenters. The molecule has 1 saturated heterocycles. The zero-order chi connectivity index (χ0) is 10.3. The molecule has 2 nitrogen and oxygen atoms in total. The number of nitrogens with zero attached hydrogens (tertiary/aromatic N) is 1. The van der Waals surface area contributed by atoms with Crippen molar-refractivity contribution in [2.24, 2.45) is 5.73 Å². The molecule has 1 aromatic carbocycles. The summed E-state index contributed by atoms with van der Waals surface area (Å²) in [6, 6.07) is 5.07. The molecule has 1 aliphatic heterocycles. The molecule has 0 aromatic heterocycles. The third-order valence-corrected chi connectivity index (χ3v) is 2.91. The first-order valence-corrected chi connectivity index (χ1v) is 5.18. The van der Waals surface area contributed by atoms with Crippen molar-refractivity contribution in [3.05, 3.63) is 28.8 Å². The fourth-order valence-electron chi connectivity index (χ4n) is 2.28.